The average Bonchev–Trinajstić information content (AvgIpc) is 3.83. The van der Waals surface area contributed by atoms with E-state index in [0.717, 1.165) is 28.6 Å². The fourth-order valence-electron chi connectivity index (χ4n) is 5.10. The summed E-state index contributed by atoms with van der Waals surface area (Å²) < 4.78 is 5.78. The van der Waals surface area contributed by atoms with Crippen LogP contribution in [0.25, 0.3) is 22.5 Å². The number of aromatic nitrogens is 1. The first-order valence-corrected chi connectivity index (χ1v) is 12.8. The first-order valence-electron chi connectivity index (χ1n) is 12.8. The minimum Gasteiger partial charge on any atom is -0.450 e. The molecule has 3 N–H and O–H groups in total. The molecule has 0 saturated heterocycles. The standard InChI is InChI=1S/C30H30N2O.CH2O3/c1-19(27-18-28(27)25-6-4-3-5-7-25)31-29-20(2)32-33-30(29)26-16-14-24(15-17-26)23-12-10-22(11-13-23)21-8-9-21;2-1(3)4/h3-7,10-17,19,21,27-28,31H,8-9,18H2,1-2H3;(H2,2,3,4)/t19?,27-,28-;/m0./s1. The van der Waals surface area contributed by atoms with Crippen LogP contribution in [-0.4, -0.2) is 27.6 Å². The van der Waals surface area contributed by atoms with Crippen LogP contribution >= 0.6 is 0 Å². The third kappa shape index (κ3) is 5.85. The molecule has 1 heterocycles. The second-order valence-electron chi connectivity index (χ2n) is 10.1. The number of nitrogens with zero attached hydrogens (tertiary/aromatic N) is 1. The molecule has 37 heavy (non-hydrogen) atoms. The summed E-state index contributed by atoms with van der Waals surface area (Å²) >= 11 is 0. The summed E-state index contributed by atoms with van der Waals surface area (Å²) in [4.78, 5) is 8.56. The van der Waals surface area contributed by atoms with Crippen molar-refractivity contribution in [1.82, 2.24) is 5.16 Å². The molecule has 0 radical (unpaired) electrons. The van der Waals surface area contributed by atoms with Crippen molar-refractivity contribution in [2.75, 3.05) is 5.32 Å². The molecule has 4 aromatic rings. The summed E-state index contributed by atoms with van der Waals surface area (Å²) in [6.45, 7) is 4.29. The predicted molar refractivity (Wildman–Crippen MR) is 145 cm³/mol. The number of aryl methyl sites for hydroxylation is 1. The highest BCUT2D eigenvalue weighted by Crippen LogP contribution is 2.50. The highest BCUT2D eigenvalue weighted by Gasteiger charge is 2.42. The van der Waals surface area contributed by atoms with E-state index in [9.17, 15) is 0 Å². The van der Waals surface area contributed by atoms with E-state index in [-0.39, 0.29) is 0 Å². The molecule has 6 heteroatoms. The van der Waals surface area contributed by atoms with Crippen LogP contribution in [0.4, 0.5) is 10.5 Å². The zero-order valence-corrected chi connectivity index (χ0v) is 21.1. The van der Waals surface area contributed by atoms with E-state index in [1.165, 1.54) is 41.5 Å². The maximum atomic E-state index is 8.56. The van der Waals surface area contributed by atoms with Crippen LogP contribution < -0.4 is 5.32 Å². The summed E-state index contributed by atoms with van der Waals surface area (Å²) in [6, 6.07) is 28.9. The Hall–Kier alpha value is -4.06. The number of rotatable bonds is 7. The Kier molecular flexibility index (Phi) is 6.99. The number of carboxylic acid groups (broad SMARTS) is 2. The topological polar surface area (TPSA) is 95.6 Å². The van der Waals surface area contributed by atoms with Crippen LogP contribution in [0.2, 0.25) is 0 Å². The lowest BCUT2D eigenvalue weighted by molar-refractivity contribution is 0.137. The van der Waals surface area contributed by atoms with Crippen molar-refractivity contribution in [3.05, 3.63) is 95.7 Å². The van der Waals surface area contributed by atoms with Crippen LogP contribution in [0.5, 0.6) is 0 Å². The van der Waals surface area contributed by atoms with E-state index < -0.39 is 6.16 Å². The lowest BCUT2D eigenvalue weighted by atomic mass is 10.00. The number of hydrogen-bond acceptors (Lipinski definition) is 4. The largest absolute Gasteiger partial charge is 0.503 e. The van der Waals surface area contributed by atoms with Crippen molar-refractivity contribution in [2.24, 2.45) is 5.92 Å². The van der Waals surface area contributed by atoms with Gasteiger partial charge >= 0.3 is 6.16 Å². The Morgan fingerprint density at radius 2 is 1.46 bits per heavy atom. The highest BCUT2D eigenvalue weighted by molar-refractivity contribution is 5.77. The molecule has 2 aliphatic rings. The van der Waals surface area contributed by atoms with Gasteiger partial charge in [0.2, 0.25) is 0 Å². The molecule has 1 aromatic heterocycles. The highest BCUT2D eigenvalue weighted by atomic mass is 16.6. The van der Waals surface area contributed by atoms with Crippen molar-refractivity contribution < 1.29 is 19.5 Å². The van der Waals surface area contributed by atoms with Crippen molar-refractivity contribution in [2.45, 2.75) is 51.0 Å². The van der Waals surface area contributed by atoms with Gasteiger partial charge < -0.3 is 20.1 Å². The van der Waals surface area contributed by atoms with Gasteiger partial charge in [0.1, 0.15) is 11.4 Å². The molecule has 2 saturated carbocycles. The minimum atomic E-state index is -1.83. The van der Waals surface area contributed by atoms with Gasteiger partial charge in [-0.25, -0.2) is 4.79 Å². The maximum absolute atomic E-state index is 8.56. The molecule has 0 bridgehead atoms. The number of carbonyl (C=O) groups is 1. The third-order valence-corrected chi connectivity index (χ3v) is 7.38. The van der Waals surface area contributed by atoms with E-state index in [4.69, 9.17) is 19.5 Å². The molecule has 1 unspecified atom stereocenters. The molecular weight excluding hydrogens is 464 g/mol. The van der Waals surface area contributed by atoms with Crippen molar-refractivity contribution in [3.63, 3.8) is 0 Å². The van der Waals surface area contributed by atoms with Gasteiger partial charge in [0, 0.05) is 11.6 Å². The molecular formula is C31H32N2O4. The van der Waals surface area contributed by atoms with Crippen molar-refractivity contribution >= 4 is 11.8 Å². The van der Waals surface area contributed by atoms with Crippen LogP contribution in [0.15, 0.2) is 83.4 Å². The van der Waals surface area contributed by atoms with Gasteiger partial charge in [-0.3, -0.25) is 0 Å². The molecule has 2 fully saturated rings. The van der Waals surface area contributed by atoms with Gasteiger partial charge in [-0.15, -0.1) is 0 Å². The molecule has 0 aliphatic heterocycles. The zero-order chi connectivity index (χ0) is 25.9. The lowest BCUT2D eigenvalue weighted by Crippen LogP contribution is -2.19. The molecule has 6 nitrogen and oxygen atoms in total. The zero-order valence-electron chi connectivity index (χ0n) is 21.1. The molecule has 190 valence electrons. The van der Waals surface area contributed by atoms with Gasteiger partial charge in [0.15, 0.2) is 5.76 Å². The quantitative estimate of drug-likeness (QED) is 0.240. The predicted octanol–water partition coefficient (Wildman–Crippen LogP) is 8.02. The van der Waals surface area contributed by atoms with Crippen LogP contribution in [0, 0.1) is 12.8 Å². The Balaban J connectivity index is 0.000000655. The van der Waals surface area contributed by atoms with Gasteiger partial charge in [-0.1, -0.05) is 84.0 Å². The first kappa shape index (κ1) is 24.6. The Bertz CT molecular complexity index is 1340. The molecule has 0 amide bonds. The van der Waals surface area contributed by atoms with Gasteiger partial charge in [-0.2, -0.15) is 0 Å². The molecule has 0 spiro atoms. The van der Waals surface area contributed by atoms with Gasteiger partial charge in [0.25, 0.3) is 0 Å². The lowest BCUT2D eigenvalue weighted by Gasteiger charge is -2.16. The first-order chi connectivity index (χ1) is 17.9. The molecule has 3 atom stereocenters. The minimum absolute atomic E-state index is 0.358. The Labute approximate surface area is 217 Å². The van der Waals surface area contributed by atoms with Crippen LogP contribution in [-0.2, 0) is 0 Å². The van der Waals surface area contributed by atoms with E-state index >= 15 is 0 Å². The van der Waals surface area contributed by atoms with E-state index in [1.54, 1.807) is 0 Å². The smallest absolute Gasteiger partial charge is 0.450 e. The van der Waals surface area contributed by atoms with E-state index in [1.807, 2.05) is 6.92 Å². The van der Waals surface area contributed by atoms with Crippen molar-refractivity contribution in [3.8, 4) is 22.5 Å². The Morgan fingerprint density at radius 1 is 0.892 bits per heavy atom. The Morgan fingerprint density at radius 3 is 2.05 bits per heavy atom. The third-order valence-electron chi connectivity index (χ3n) is 7.38. The number of hydrogen-bond donors (Lipinski definition) is 3. The second-order valence-corrected chi connectivity index (χ2v) is 10.1. The van der Waals surface area contributed by atoms with Gasteiger partial charge in [0.05, 0.1) is 0 Å². The summed E-state index contributed by atoms with van der Waals surface area (Å²) in [6.07, 6.45) is 2.08. The summed E-state index contributed by atoms with van der Waals surface area (Å²) in [5, 5.41) is 22.0. The molecule has 3 aromatic carbocycles. The maximum Gasteiger partial charge on any atom is 0.503 e. The number of nitrogens with one attached hydrogen (secondary N) is 1. The average molecular weight is 497 g/mol. The summed E-state index contributed by atoms with van der Waals surface area (Å²) in [5.41, 5.74) is 8.38. The van der Waals surface area contributed by atoms with Crippen LogP contribution in [0.1, 0.15) is 54.8 Å². The summed E-state index contributed by atoms with van der Waals surface area (Å²) in [7, 11) is 0. The molecule has 2 aliphatic carbocycles. The SMILES string of the molecule is Cc1noc(-c2ccc(-c3ccc(C4CC4)cc3)cc2)c1NC(C)[C@@H]1C[C@H]1c1ccccc1.O=C(O)O. The summed E-state index contributed by atoms with van der Waals surface area (Å²) in [5.74, 6) is 2.90. The second kappa shape index (κ2) is 10.5. The number of benzene rings is 3. The molecule has 6 rings (SSSR count). The fraction of sp³-hybridized carbons (Fsp3) is 0.290. The monoisotopic (exact) mass is 496 g/mol. The van der Waals surface area contributed by atoms with Gasteiger partial charge in [-0.05, 0) is 73.1 Å². The number of anilines is 1. The van der Waals surface area contributed by atoms with Crippen LogP contribution in [0.3, 0.4) is 0 Å². The normalized spacial score (nSPS) is 18.9. The fourth-order valence-corrected chi connectivity index (χ4v) is 5.10. The van der Waals surface area contributed by atoms with E-state index in [0.29, 0.717) is 17.9 Å². The van der Waals surface area contributed by atoms with Crippen molar-refractivity contribution in [1.29, 1.82) is 0 Å². The van der Waals surface area contributed by atoms with E-state index in [2.05, 4.69) is 96.3 Å².